The molecule has 0 aliphatic heterocycles. The minimum Gasteiger partial charge on any atom is -0.464 e. The molecule has 2 aromatic carbocycles. The van der Waals surface area contributed by atoms with Crippen molar-refractivity contribution in [3.05, 3.63) is 70.8 Å². The van der Waals surface area contributed by atoms with Crippen molar-refractivity contribution in [2.45, 2.75) is 207 Å². The topological polar surface area (TPSA) is 71.1 Å². The van der Waals surface area contributed by atoms with E-state index in [2.05, 4.69) is 62.4 Å². The minimum absolute atomic E-state index is 0.152. The normalized spacial score (nSPS) is 20.7. The maximum absolute atomic E-state index is 13.2. The van der Waals surface area contributed by atoms with Crippen molar-refractivity contribution >= 4 is 11.9 Å². The highest BCUT2D eigenvalue weighted by atomic mass is 16.6. The molecule has 58 heavy (non-hydrogen) atoms. The van der Waals surface area contributed by atoms with Crippen LogP contribution in [0.15, 0.2) is 48.5 Å². The molecule has 2 atom stereocenters. The molecule has 0 aromatic heterocycles. The number of carbonyl (C=O) groups is 2. The second-order valence-corrected chi connectivity index (χ2v) is 17.9. The van der Waals surface area contributed by atoms with Crippen LogP contribution in [-0.4, -0.2) is 37.4 Å². The highest BCUT2D eigenvalue weighted by Crippen LogP contribution is 2.36. The van der Waals surface area contributed by atoms with Crippen LogP contribution < -0.4 is 0 Å². The summed E-state index contributed by atoms with van der Waals surface area (Å²) in [6.07, 6.45) is 30.0. The Morgan fingerprint density at radius 1 is 0.448 bits per heavy atom. The van der Waals surface area contributed by atoms with E-state index in [9.17, 15) is 9.59 Å². The second kappa shape index (κ2) is 28.7. The zero-order valence-corrected chi connectivity index (χ0v) is 37.3. The molecule has 0 radical (unpaired) electrons. The quantitative estimate of drug-likeness (QED) is 0.0603. The van der Waals surface area contributed by atoms with E-state index >= 15 is 0 Å². The Labute approximate surface area is 354 Å². The molecule has 0 bridgehead atoms. The van der Waals surface area contributed by atoms with E-state index in [1.54, 1.807) is 13.8 Å². The number of hydrogen-bond acceptors (Lipinski definition) is 6. The Bertz CT molecular complexity index is 1250. The molecule has 4 rings (SSSR count). The van der Waals surface area contributed by atoms with Crippen LogP contribution >= 0.6 is 0 Å². The highest BCUT2D eigenvalue weighted by molar-refractivity contribution is 5.85. The third kappa shape index (κ3) is 18.3. The molecular formula is C52H82O6. The predicted octanol–water partition coefficient (Wildman–Crippen LogP) is 13.5. The van der Waals surface area contributed by atoms with Gasteiger partial charge in [-0.2, -0.15) is 0 Å². The monoisotopic (exact) mass is 803 g/mol. The van der Waals surface area contributed by atoms with Gasteiger partial charge in [-0.15, -0.1) is 0 Å². The van der Waals surface area contributed by atoms with Crippen molar-refractivity contribution in [3.8, 4) is 0 Å². The van der Waals surface area contributed by atoms with E-state index < -0.39 is 24.1 Å². The lowest BCUT2D eigenvalue weighted by Crippen LogP contribution is -2.45. The van der Waals surface area contributed by atoms with Crippen LogP contribution in [0.1, 0.15) is 191 Å². The first-order chi connectivity index (χ1) is 28.4. The number of rotatable bonds is 29. The van der Waals surface area contributed by atoms with Gasteiger partial charge in [-0.25, -0.2) is 9.59 Å². The molecule has 2 aliphatic rings. The summed E-state index contributed by atoms with van der Waals surface area (Å²) in [6, 6.07) is 16.8. The molecule has 0 unspecified atom stereocenters. The van der Waals surface area contributed by atoms with Crippen molar-refractivity contribution in [3.63, 3.8) is 0 Å². The molecule has 326 valence electrons. The molecule has 6 nitrogen and oxygen atoms in total. The number of ether oxygens (including phenoxy) is 4. The van der Waals surface area contributed by atoms with Crippen molar-refractivity contribution in [1.29, 1.82) is 0 Å². The lowest BCUT2D eigenvalue weighted by Gasteiger charge is -2.28. The van der Waals surface area contributed by atoms with Crippen LogP contribution in [0.25, 0.3) is 0 Å². The average Bonchev–Trinajstić information content (AvgIpc) is 3.24. The molecule has 0 saturated heterocycles. The van der Waals surface area contributed by atoms with Crippen LogP contribution in [0, 0.1) is 23.7 Å². The Balaban J connectivity index is 1.19. The van der Waals surface area contributed by atoms with Gasteiger partial charge in [0.25, 0.3) is 0 Å². The number of carbonyl (C=O) groups excluding carboxylic acids is 2. The summed E-state index contributed by atoms with van der Waals surface area (Å²) >= 11 is 0. The summed E-state index contributed by atoms with van der Waals surface area (Å²) in [5, 5.41) is 0. The second-order valence-electron chi connectivity index (χ2n) is 17.9. The van der Waals surface area contributed by atoms with Crippen molar-refractivity contribution in [2.75, 3.05) is 13.2 Å². The number of hydrogen-bond donors (Lipinski definition) is 0. The number of benzene rings is 2. The van der Waals surface area contributed by atoms with Crippen LogP contribution in [0.4, 0.5) is 0 Å². The lowest BCUT2D eigenvalue weighted by atomic mass is 9.78. The molecule has 0 spiro atoms. The smallest absolute Gasteiger partial charge is 0.338 e. The van der Waals surface area contributed by atoms with E-state index in [0.717, 1.165) is 47.6 Å². The van der Waals surface area contributed by atoms with Crippen molar-refractivity contribution in [2.24, 2.45) is 23.7 Å². The lowest BCUT2D eigenvalue weighted by molar-refractivity contribution is -0.185. The van der Waals surface area contributed by atoms with Crippen molar-refractivity contribution in [1.82, 2.24) is 0 Å². The third-order valence-corrected chi connectivity index (χ3v) is 13.2. The maximum Gasteiger partial charge on any atom is 0.338 e. The zero-order chi connectivity index (χ0) is 41.2. The molecule has 2 aliphatic carbocycles. The standard InChI is InChI=1S/C52H82O6/c1-5-9-11-17-41-23-27-43(28-24-41)19-13-15-21-45-31-35-47(36-32-45)39-57-49(51(53)55-7-3)50(52(54)56-8-4)58-40-48-37-33-46(34-38-48)22-16-14-20-44-29-25-42(26-30-44)18-12-10-6-2/h31-38,41-44,49-50H,5-30,39-40H2,1-4H3/t41-,42-,43-,44-,49-,50-/m1/s1. The third-order valence-electron chi connectivity index (χ3n) is 13.2. The average molecular weight is 803 g/mol. The van der Waals surface area contributed by atoms with Gasteiger partial charge in [0.1, 0.15) is 0 Å². The van der Waals surface area contributed by atoms with Gasteiger partial charge in [0.15, 0.2) is 12.2 Å². The molecule has 2 saturated carbocycles. The molecule has 6 heteroatoms. The summed E-state index contributed by atoms with van der Waals surface area (Å²) in [4.78, 5) is 26.4. The molecule has 2 fully saturated rings. The SMILES string of the molecule is CCCCC[C@H]1CC[C@H](CCCCc2ccc(CO[C@@H](C(=O)OCC)[C@@H](OCc3ccc(CCCC[C@H]4CC[C@H](CCCCC)CC4)cc3)C(=O)OCC)cc2)CC1. The van der Waals surface area contributed by atoms with E-state index in [1.807, 2.05) is 0 Å². The Morgan fingerprint density at radius 2 is 0.741 bits per heavy atom. The Hall–Kier alpha value is -2.70. The van der Waals surface area contributed by atoms with E-state index in [-0.39, 0.29) is 26.4 Å². The zero-order valence-electron chi connectivity index (χ0n) is 37.3. The first-order valence-electron chi connectivity index (χ1n) is 24.1. The molecule has 2 aromatic rings. The highest BCUT2D eigenvalue weighted by Gasteiger charge is 2.38. The Morgan fingerprint density at radius 3 is 1.03 bits per heavy atom. The van der Waals surface area contributed by atoms with E-state index in [1.165, 1.54) is 152 Å². The van der Waals surface area contributed by atoms with Crippen molar-refractivity contribution < 1.29 is 28.5 Å². The maximum atomic E-state index is 13.2. The summed E-state index contributed by atoms with van der Waals surface area (Å²) in [7, 11) is 0. The predicted molar refractivity (Wildman–Crippen MR) is 238 cm³/mol. The van der Waals surface area contributed by atoms with Gasteiger partial charge in [-0.3, -0.25) is 0 Å². The van der Waals surface area contributed by atoms with Crippen LogP contribution in [0.2, 0.25) is 0 Å². The fraction of sp³-hybridized carbons (Fsp3) is 0.731. The van der Waals surface area contributed by atoms with E-state index in [4.69, 9.17) is 18.9 Å². The van der Waals surface area contributed by atoms with Gasteiger partial charge < -0.3 is 18.9 Å². The van der Waals surface area contributed by atoms with E-state index in [0.29, 0.717) is 0 Å². The van der Waals surface area contributed by atoms with Gasteiger partial charge in [0, 0.05) is 0 Å². The van der Waals surface area contributed by atoms with Crippen LogP contribution in [0.5, 0.6) is 0 Å². The van der Waals surface area contributed by atoms with Gasteiger partial charge in [0.05, 0.1) is 26.4 Å². The summed E-state index contributed by atoms with van der Waals surface area (Å²) in [5.41, 5.74) is 4.48. The van der Waals surface area contributed by atoms with Gasteiger partial charge in [-0.05, 0) is 85.5 Å². The van der Waals surface area contributed by atoms with Gasteiger partial charge in [-0.1, -0.05) is 191 Å². The largest absolute Gasteiger partial charge is 0.464 e. The van der Waals surface area contributed by atoms with Crippen LogP contribution in [-0.2, 0) is 54.6 Å². The molecule has 0 N–H and O–H groups in total. The fourth-order valence-corrected chi connectivity index (χ4v) is 9.49. The molecule has 0 heterocycles. The summed E-state index contributed by atoms with van der Waals surface area (Å²) in [5.74, 6) is 2.54. The number of unbranched alkanes of at least 4 members (excludes halogenated alkanes) is 6. The Kier molecular flexibility index (Phi) is 23.7. The summed E-state index contributed by atoms with van der Waals surface area (Å²) in [6.45, 7) is 8.73. The molecule has 0 amide bonds. The summed E-state index contributed by atoms with van der Waals surface area (Å²) < 4.78 is 23.0. The van der Waals surface area contributed by atoms with Crippen LogP contribution in [0.3, 0.4) is 0 Å². The van der Waals surface area contributed by atoms with Gasteiger partial charge in [0.2, 0.25) is 0 Å². The number of esters is 2. The first kappa shape index (κ1) is 48.0. The molecular weight excluding hydrogens is 721 g/mol. The van der Waals surface area contributed by atoms with Gasteiger partial charge >= 0.3 is 11.9 Å². The first-order valence-corrected chi connectivity index (χ1v) is 24.1. The minimum atomic E-state index is -1.25. The fourth-order valence-electron chi connectivity index (χ4n) is 9.49. The number of aryl methyl sites for hydroxylation is 2.